The maximum absolute atomic E-state index is 12.7. The van der Waals surface area contributed by atoms with Crippen LogP contribution in [-0.2, 0) is 6.54 Å². The van der Waals surface area contributed by atoms with Crippen LogP contribution in [-0.4, -0.2) is 55.9 Å². The fourth-order valence-corrected chi connectivity index (χ4v) is 3.31. The monoisotopic (exact) mass is 382 g/mol. The van der Waals surface area contributed by atoms with E-state index in [0.29, 0.717) is 17.4 Å². The van der Waals surface area contributed by atoms with Crippen molar-refractivity contribution in [2.75, 3.05) is 25.5 Å². The first-order valence-corrected chi connectivity index (χ1v) is 9.18. The number of aromatic nitrogens is 6. The van der Waals surface area contributed by atoms with Crippen LogP contribution in [0.3, 0.4) is 0 Å². The molecule has 2 N–H and O–H groups in total. The summed E-state index contributed by atoms with van der Waals surface area (Å²) in [7, 11) is 1.55. The Balaban J connectivity index is 1.48. The van der Waals surface area contributed by atoms with E-state index in [2.05, 4.69) is 31.1 Å². The lowest BCUT2D eigenvalue weighted by atomic mass is 10.00. The third-order valence-corrected chi connectivity index (χ3v) is 4.76. The Kier molecular flexibility index (Phi) is 5.29. The van der Waals surface area contributed by atoms with Gasteiger partial charge < -0.3 is 15.4 Å². The molecule has 3 aromatic rings. The Hall–Kier alpha value is -3.27. The number of anilines is 1. The van der Waals surface area contributed by atoms with E-state index in [-0.39, 0.29) is 11.6 Å². The molecule has 1 fully saturated rings. The Morgan fingerprint density at radius 3 is 2.96 bits per heavy atom. The fraction of sp³-hybridized carbons (Fsp3) is 0.389. The summed E-state index contributed by atoms with van der Waals surface area (Å²) >= 11 is 0. The van der Waals surface area contributed by atoms with E-state index in [0.717, 1.165) is 38.2 Å². The fourth-order valence-electron chi connectivity index (χ4n) is 3.31. The van der Waals surface area contributed by atoms with Crippen molar-refractivity contribution in [2.24, 2.45) is 5.92 Å². The lowest BCUT2D eigenvalue weighted by Gasteiger charge is -2.22. The number of rotatable bonds is 6. The number of benzene rings is 1. The van der Waals surface area contributed by atoms with Crippen LogP contribution in [0.1, 0.15) is 23.3 Å². The molecule has 1 aliphatic heterocycles. The summed E-state index contributed by atoms with van der Waals surface area (Å²) in [5.41, 5.74) is 1.60. The van der Waals surface area contributed by atoms with Crippen LogP contribution < -0.4 is 15.4 Å². The van der Waals surface area contributed by atoms with E-state index < -0.39 is 0 Å². The topological polar surface area (TPSA) is 112 Å². The minimum Gasteiger partial charge on any atom is -0.495 e. The maximum Gasteiger partial charge on any atom is 0.277 e. The molecule has 0 radical (unpaired) electrons. The van der Waals surface area contributed by atoms with E-state index in [1.54, 1.807) is 47.3 Å². The van der Waals surface area contributed by atoms with Crippen LogP contribution in [0.5, 0.6) is 5.75 Å². The van der Waals surface area contributed by atoms with Crippen LogP contribution >= 0.6 is 0 Å². The minimum atomic E-state index is -0.341. The van der Waals surface area contributed by atoms with Crippen molar-refractivity contribution in [1.82, 2.24) is 35.1 Å². The number of carbonyl (C=O) groups excluding carboxylic acids is 1. The zero-order valence-corrected chi connectivity index (χ0v) is 15.6. The quantitative estimate of drug-likeness (QED) is 0.657. The Labute approximate surface area is 161 Å². The Morgan fingerprint density at radius 1 is 1.36 bits per heavy atom. The van der Waals surface area contributed by atoms with E-state index in [1.165, 1.54) is 0 Å². The molecule has 1 amide bonds. The molecule has 0 spiro atoms. The zero-order chi connectivity index (χ0) is 19.3. The average Bonchev–Trinajstić information content (AvgIpc) is 3.41. The molecule has 0 bridgehead atoms. The highest BCUT2D eigenvalue weighted by Crippen LogP contribution is 2.27. The third kappa shape index (κ3) is 4.01. The highest BCUT2D eigenvalue weighted by Gasteiger charge is 2.17. The summed E-state index contributed by atoms with van der Waals surface area (Å²) in [4.78, 5) is 12.7. The first-order valence-electron chi connectivity index (χ1n) is 9.18. The first kappa shape index (κ1) is 18.1. The predicted octanol–water partition coefficient (Wildman–Crippen LogP) is 1.12. The number of piperidine rings is 1. The largest absolute Gasteiger partial charge is 0.495 e. The van der Waals surface area contributed by atoms with Crippen molar-refractivity contribution in [3.05, 3.63) is 42.7 Å². The second-order valence-corrected chi connectivity index (χ2v) is 6.75. The summed E-state index contributed by atoms with van der Waals surface area (Å²) in [5.74, 6) is 0.713. The van der Waals surface area contributed by atoms with Gasteiger partial charge in [0, 0.05) is 6.54 Å². The lowest BCUT2D eigenvalue weighted by molar-refractivity contribution is 0.102. The molecular formula is C18H22N8O2. The predicted molar refractivity (Wildman–Crippen MR) is 101 cm³/mol. The number of nitrogens with zero attached hydrogens (tertiary/aromatic N) is 6. The molecule has 0 saturated carbocycles. The SMILES string of the molecule is COc1ccc(-n2cnnc2)cc1NC(=O)c1cn(CC2CCCNC2)nn1. The highest BCUT2D eigenvalue weighted by atomic mass is 16.5. The van der Waals surface area contributed by atoms with Crippen molar-refractivity contribution in [3.8, 4) is 11.4 Å². The standard InChI is InChI=1S/C18H22N8O2/c1-28-17-5-4-14(25-11-20-21-12-25)7-15(17)22-18(27)16-10-26(24-23-16)9-13-3-2-6-19-8-13/h4-5,7,10-13,19H,2-3,6,8-9H2,1H3,(H,22,27). The second kappa shape index (κ2) is 8.17. The van der Waals surface area contributed by atoms with E-state index in [1.807, 2.05) is 6.07 Å². The highest BCUT2D eigenvalue weighted by molar-refractivity contribution is 6.03. The molecule has 4 rings (SSSR count). The van der Waals surface area contributed by atoms with Gasteiger partial charge in [0.2, 0.25) is 0 Å². The Morgan fingerprint density at radius 2 is 2.21 bits per heavy atom. The number of hydrogen-bond acceptors (Lipinski definition) is 7. The van der Waals surface area contributed by atoms with Crippen molar-refractivity contribution in [1.29, 1.82) is 0 Å². The number of hydrogen-bond donors (Lipinski definition) is 2. The maximum atomic E-state index is 12.7. The normalized spacial score (nSPS) is 16.7. The van der Waals surface area contributed by atoms with Gasteiger partial charge in [-0.2, -0.15) is 0 Å². The molecule has 1 atom stereocenters. The van der Waals surface area contributed by atoms with Gasteiger partial charge in [-0.3, -0.25) is 14.0 Å². The van der Waals surface area contributed by atoms with Gasteiger partial charge in [0.25, 0.3) is 5.91 Å². The molecular weight excluding hydrogens is 360 g/mol. The molecule has 28 heavy (non-hydrogen) atoms. The van der Waals surface area contributed by atoms with Crippen LogP contribution in [0.4, 0.5) is 5.69 Å². The van der Waals surface area contributed by atoms with Crippen molar-refractivity contribution < 1.29 is 9.53 Å². The Bertz CT molecular complexity index is 931. The van der Waals surface area contributed by atoms with Crippen LogP contribution in [0.2, 0.25) is 0 Å². The van der Waals surface area contributed by atoms with Gasteiger partial charge in [0.05, 0.1) is 24.7 Å². The van der Waals surface area contributed by atoms with Gasteiger partial charge >= 0.3 is 0 Å². The van der Waals surface area contributed by atoms with Gasteiger partial charge in [-0.05, 0) is 50.0 Å². The molecule has 3 heterocycles. The summed E-state index contributed by atoms with van der Waals surface area (Å²) in [6.45, 7) is 2.78. The molecule has 146 valence electrons. The van der Waals surface area contributed by atoms with E-state index >= 15 is 0 Å². The number of ether oxygens (including phenoxy) is 1. The summed E-state index contributed by atoms with van der Waals surface area (Å²) in [5, 5.41) is 21.9. The van der Waals surface area contributed by atoms with Crippen LogP contribution in [0.25, 0.3) is 5.69 Å². The zero-order valence-electron chi connectivity index (χ0n) is 15.6. The summed E-state index contributed by atoms with van der Waals surface area (Å²) in [6.07, 6.45) is 7.16. The van der Waals surface area contributed by atoms with Crippen molar-refractivity contribution >= 4 is 11.6 Å². The molecule has 1 aliphatic rings. The molecule has 1 saturated heterocycles. The molecule has 10 heteroatoms. The van der Waals surface area contributed by atoms with E-state index in [4.69, 9.17) is 4.74 Å². The van der Waals surface area contributed by atoms with Crippen molar-refractivity contribution in [2.45, 2.75) is 19.4 Å². The lowest BCUT2D eigenvalue weighted by Crippen LogP contribution is -2.32. The first-order chi connectivity index (χ1) is 13.7. The summed E-state index contributed by atoms with van der Waals surface area (Å²) in [6, 6.07) is 5.42. The molecule has 1 aromatic carbocycles. The number of nitrogens with one attached hydrogen (secondary N) is 2. The average molecular weight is 382 g/mol. The van der Waals surface area contributed by atoms with Crippen LogP contribution in [0.15, 0.2) is 37.1 Å². The van der Waals surface area contributed by atoms with Gasteiger partial charge in [0.15, 0.2) is 5.69 Å². The second-order valence-electron chi connectivity index (χ2n) is 6.75. The molecule has 0 aliphatic carbocycles. The van der Waals surface area contributed by atoms with Crippen molar-refractivity contribution in [3.63, 3.8) is 0 Å². The number of carbonyl (C=O) groups is 1. The van der Waals surface area contributed by atoms with E-state index in [9.17, 15) is 4.79 Å². The minimum absolute atomic E-state index is 0.264. The number of methoxy groups -OCH3 is 1. The molecule has 1 unspecified atom stereocenters. The smallest absolute Gasteiger partial charge is 0.277 e. The van der Waals surface area contributed by atoms with Gasteiger partial charge in [-0.25, -0.2) is 0 Å². The summed E-state index contributed by atoms with van der Waals surface area (Å²) < 4.78 is 8.83. The molecule has 2 aromatic heterocycles. The van der Waals surface area contributed by atoms with Gasteiger partial charge in [0.1, 0.15) is 18.4 Å². The molecule has 10 nitrogen and oxygen atoms in total. The van der Waals surface area contributed by atoms with Crippen LogP contribution in [0, 0.1) is 5.92 Å². The van der Waals surface area contributed by atoms with Gasteiger partial charge in [-0.15, -0.1) is 15.3 Å². The van der Waals surface area contributed by atoms with Gasteiger partial charge in [-0.1, -0.05) is 5.21 Å². The third-order valence-electron chi connectivity index (χ3n) is 4.76. The number of amides is 1.